The highest BCUT2D eigenvalue weighted by Gasteiger charge is 2.52. The normalized spacial score (nSPS) is 18.9. The summed E-state index contributed by atoms with van der Waals surface area (Å²) < 4.78 is 5.86. The lowest BCUT2D eigenvalue weighted by atomic mass is 10.0. The topological polar surface area (TPSA) is 96.0 Å². The molecule has 3 amide bonds. The zero-order valence-electron chi connectivity index (χ0n) is 22.7. The van der Waals surface area contributed by atoms with Crippen LogP contribution in [0.2, 0.25) is 0 Å². The number of nitrogens with one attached hydrogen (secondary N) is 1. The molecule has 2 unspecified atom stereocenters. The van der Waals surface area contributed by atoms with E-state index in [4.69, 9.17) is 4.74 Å². The van der Waals surface area contributed by atoms with Gasteiger partial charge in [0.1, 0.15) is 23.6 Å². The Balaban J connectivity index is 1.30. The number of hydrogen-bond donors (Lipinski definition) is 1. The molecule has 0 bridgehead atoms. The number of hydrogen-bond acceptors (Lipinski definition) is 5. The molecule has 206 valence electrons. The van der Waals surface area contributed by atoms with Crippen LogP contribution < -0.4 is 10.1 Å². The molecule has 2 aliphatic heterocycles. The monoisotopic (exact) mass is 539 g/mol. The van der Waals surface area contributed by atoms with Gasteiger partial charge < -0.3 is 19.9 Å². The van der Waals surface area contributed by atoms with Crippen LogP contribution in [0.15, 0.2) is 84.9 Å². The largest absolute Gasteiger partial charge is 0.457 e. The van der Waals surface area contributed by atoms with E-state index >= 15 is 0 Å². The number of likely N-dealkylation sites (tertiary alicyclic amines) is 2. The highest BCUT2D eigenvalue weighted by Crippen LogP contribution is 2.32. The van der Waals surface area contributed by atoms with E-state index in [1.165, 1.54) is 0 Å². The highest BCUT2D eigenvalue weighted by molar-refractivity contribution is 6.03. The molecule has 0 spiro atoms. The Labute approximate surface area is 233 Å². The van der Waals surface area contributed by atoms with Gasteiger partial charge >= 0.3 is 0 Å². The Bertz CT molecular complexity index is 1390. The Kier molecular flexibility index (Phi) is 7.96. The van der Waals surface area contributed by atoms with Crippen molar-refractivity contribution in [3.63, 3.8) is 0 Å². The third-order valence-electron chi connectivity index (χ3n) is 7.37. The summed E-state index contributed by atoms with van der Waals surface area (Å²) in [6, 6.07) is 23.1. The Hall–Kier alpha value is -4.46. The molecule has 2 heterocycles. The fourth-order valence-corrected chi connectivity index (χ4v) is 5.55. The van der Waals surface area contributed by atoms with Crippen LogP contribution in [0.3, 0.4) is 0 Å². The molecule has 5 rings (SSSR count). The van der Waals surface area contributed by atoms with E-state index in [0.717, 1.165) is 0 Å². The molecule has 2 aliphatic rings. The second-order valence-electron chi connectivity index (χ2n) is 10.7. The van der Waals surface area contributed by atoms with Crippen molar-refractivity contribution in [3.05, 3.63) is 96.1 Å². The van der Waals surface area contributed by atoms with E-state index in [0.29, 0.717) is 42.0 Å². The van der Waals surface area contributed by atoms with Gasteiger partial charge in [-0.1, -0.05) is 56.3 Å². The van der Waals surface area contributed by atoms with Crippen LogP contribution in [0.5, 0.6) is 11.5 Å². The SMILES string of the molecule is CC(C)C[C@H](NC(=O)c1cccc(Oc2ccccc2)c1)C(=O)N1CCC2C1C(=O)CN2C(=O)c1ccccc1. The van der Waals surface area contributed by atoms with E-state index in [-0.39, 0.29) is 36.1 Å². The van der Waals surface area contributed by atoms with Gasteiger partial charge in [-0.05, 0) is 61.2 Å². The van der Waals surface area contributed by atoms with E-state index < -0.39 is 18.0 Å². The molecule has 2 saturated heterocycles. The molecule has 3 aromatic rings. The number of fused-ring (bicyclic) bond motifs is 1. The van der Waals surface area contributed by atoms with Crippen molar-refractivity contribution in [2.75, 3.05) is 13.1 Å². The number of Topliss-reactive ketones (excluding diaryl/α,β-unsaturated/α-hetero) is 1. The average molecular weight is 540 g/mol. The van der Waals surface area contributed by atoms with Gasteiger partial charge in [-0.2, -0.15) is 0 Å². The summed E-state index contributed by atoms with van der Waals surface area (Å²) in [6.45, 7) is 4.29. The molecule has 8 heteroatoms. The van der Waals surface area contributed by atoms with E-state index in [1.54, 1.807) is 58.3 Å². The maximum atomic E-state index is 13.8. The second-order valence-corrected chi connectivity index (χ2v) is 10.7. The van der Waals surface area contributed by atoms with Gasteiger partial charge in [0, 0.05) is 17.7 Å². The Morgan fingerprint density at radius 2 is 1.52 bits per heavy atom. The van der Waals surface area contributed by atoms with Crippen molar-refractivity contribution in [2.24, 2.45) is 5.92 Å². The summed E-state index contributed by atoms with van der Waals surface area (Å²) in [7, 11) is 0. The van der Waals surface area contributed by atoms with E-state index in [2.05, 4.69) is 5.32 Å². The van der Waals surface area contributed by atoms with Gasteiger partial charge in [0.05, 0.1) is 12.6 Å². The van der Waals surface area contributed by atoms with Gasteiger partial charge in [0.15, 0.2) is 5.78 Å². The number of amides is 3. The van der Waals surface area contributed by atoms with Crippen LogP contribution in [0.4, 0.5) is 0 Å². The maximum absolute atomic E-state index is 13.8. The van der Waals surface area contributed by atoms with E-state index in [1.807, 2.05) is 50.2 Å². The first-order valence-corrected chi connectivity index (χ1v) is 13.6. The highest BCUT2D eigenvalue weighted by atomic mass is 16.5. The maximum Gasteiger partial charge on any atom is 0.254 e. The first-order valence-electron chi connectivity index (χ1n) is 13.6. The summed E-state index contributed by atoms with van der Waals surface area (Å²) in [5.41, 5.74) is 0.884. The zero-order chi connectivity index (χ0) is 28.2. The van der Waals surface area contributed by atoms with Crippen molar-refractivity contribution in [1.82, 2.24) is 15.1 Å². The lowest BCUT2D eigenvalue weighted by Crippen LogP contribution is -2.53. The molecule has 3 aromatic carbocycles. The lowest BCUT2D eigenvalue weighted by Gasteiger charge is -2.29. The van der Waals surface area contributed by atoms with Crippen molar-refractivity contribution in [1.29, 1.82) is 0 Å². The minimum atomic E-state index is -0.809. The summed E-state index contributed by atoms with van der Waals surface area (Å²) in [5, 5.41) is 2.91. The number of benzene rings is 3. The molecule has 2 fully saturated rings. The first kappa shape index (κ1) is 27.1. The molecule has 3 atom stereocenters. The summed E-state index contributed by atoms with van der Waals surface area (Å²) >= 11 is 0. The zero-order valence-corrected chi connectivity index (χ0v) is 22.7. The van der Waals surface area contributed by atoms with Crippen LogP contribution in [0.25, 0.3) is 0 Å². The predicted molar refractivity (Wildman–Crippen MR) is 150 cm³/mol. The minimum absolute atomic E-state index is 0.0255. The van der Waals surface area contributed by atoms with Crippen molar-refractivity contribution < 1.29 is 23.9 Å². The molecule has 0 aliphatic carbocycles. The van der Waals surface area contributed by atoms with Gasteiger partial charge in [-0.3, -0.25) is 19.2 Å². The van der Waals surface area contributed by atoms with Crippen LogP contribution in [-0.2, 0) is 9.59 Å². The van der Waals surface area contributed by atoms with E-state index in [9.17, 15) is 19.2 Å². The van der Waals surface area contributed by atoms with Crippen molar-refractivity contribution in [3.8, 4) is 11.5 Å². The Morgan fingerprint density at radius 1 is 0.875 bits per heavy atom. The van der Waals surface area contributed by atoms with Crippen LogP contribution in [0.1, 0.15) is 47.4 Å². The quantitative estimate of drug-likeness (QED) is 0.460. The van der Waals surface area contributed by atoms with Crippen molar-refractivity contribution >= 4 is 23.5 Å². The molecule has 40 heavy (non-hydrogen) atoms. The van der Waals surface area contributed by atoms with Gasteiger partial charge in [-0.15, -0.1) is 0 Å². The third-order valence-corrected chi connectivity index (χ3v) is 7.37. The molecule has 0 aromatic heterocycles. The summed E-state index contributed by atoms with van der Waals surface area (Å²) in [4.78, 5) is 56.5. The smallest absolute Gasteiger partial charge is 0.254 e. The van der Waals surface area contributed by atoms with Gasteiger partial charge in [0.25, 0.3) is 11.8 Å². The number of carbonyl (C=O) groups excluding carboxylic acids is 4. The molecular weight excluding hydrogens is 506 g/mol. The second kappa shape index (κ2) is 11.7. The van der Waals surface area contributed by atoms with Crippen LogP contribution in [0, 0.1) is 5.92 Å². The van der Waals surface area contributed by atoms with Crippen molar-refractivity contribution in [2.45, 2.75) is 44.8 Å². The molecule has 0 radical (unpaired) electrons. The summed E-state index contributed by atoms with van der Waals surface area (Å²) in [6.07, 6.45) is 0.932. The number of ether oxygens (including phenoxy) is 1. The van der Waals surface area contributed by atoms with Crippen LogP contribution >= 0.6 is 0 Å². The first-order chi connectivity index (χ1) is 19.3. The number of ketones is 1. The molecule has 1 N–H and O–H groups in total. The summed E-state index contributed by atoms with van der Waals surface area (Å²) in [5.74, 6) is 0.224. The minimum Gasteiger partial charge on any atom is -0.457 e. The third kappa shape index (κ3) is 5.76. The van der Waals surface area contributed by atoms with Gasteiger partial charge in [0.2, 0.25) is 5.91 Å². The number of carbonyl (C=O) groups is 4. The standard InChI is InChI=1S/C32H33N3O5/c1-21(2)18-26(33-30(37)23-12-9-15-25(19-23)40-24-13-7-4-8-14-24)32(39)34-17-16-27-29(34)28(36)20-35(27)31(38)22-10-5-3-6-11-22/h3-15,19,21,26-27,29H,16-18,20H2,1-2H3,(H,33,37)/t26-,27?,29?/m0/s1. The Morgan fingerprint density at radius 3 is 2.23 bits per heavy atom. The molecule has 8 nitrogen and oxygen atoms in total. The lowest BCUT2D eigenvalue weighted by molar-refractivity contribution is -0.138. The fraction of sp³-hybridized carbons (Fsp3) is 0.312. The number of nitrogens with zero attached hydrogens (tertiary/aromatic N) is 2. The average Bonchev–Trinajstić information content (AvgIpc) is 3.54. The predicted octanol–water partition coefficient (Wildman–Crippen LogP) is 4.32. The van der Waals surface area contributed by atoms with Crippen LogP contribution in [-0.4, -0.2) is 64.5 Å². The molecular formula is C32H33N3O5. The number of para-hydroxylation sites is 1. The fourth-order valence-electron chi connectivity index (χ4n) is 5.55. The number of rotatable bonds is 8. The molecule has 0 saturated carbocycles. The van der Waals surface area contributed by atoms with Gasteiger partial charge in [-0.25, -0.2) is 0 Å².